The van der Waals surface area contributed by atoms with Crippen LogP contribution in [0.5, 0.6) is 0 Å². The molecule has 0 radical (unpaired) electrons. The third-order valence-electron chi connectivity index (χ3n) is 3.91. The van der Waals surface area contributed by atoms with Crippen LogP contribution in [0.2, 0.25) is 0 Å². The maximum Gasteiger partial charge on any atom is 0.416 e. The third-order valence-corrected chi connectivity index (χ3v) is 3.91. The summed E-state index contributed by atoms with van der Waals surface area (Å²) in [4.78, 5) is 0. The number of nitrogens with zero attached hydrogens (tertiary/aromatic N) is 1. The van der Waals surface area contributed by atoms with Crippen molar-refractivity contribution in [3.63, 3.8) is 0 Å². The molecule has 3 nitrogen and oxygen atoms in total. The van der Waals surface area contributed by atoms with E-state index < -0.39 is 23.5 Å². The molecule has 0 fully saturated rings. The van der Waals surface area contributed by atoms with Crippen LogP contribution in [-0.4, -0.2) is 10.2 Å². The standard InChI is InChI=1S/C18H13F6N3/c19-17(20,21)13-3-1-11(2-4-13)16-12(10-26-27-16)9-25-15-7-5-14(6-8-15)18(22,23)24/h1-8,10,25H,9H2,(H,26,27). The Bertz CT molecular complexity index is 893. The van der Waals surface area contributed by atoms with E-state index in [-0.39, 0.29) is 6.54 Å². The Morgan fingerprint density at radius 3 is 1.81 bits per heavy atom. The lowest BCUT2D eigenvalue weighted by Gasteiger charge is -2.10. The van der Waals surface area contributed by atoms with Crippen LogP contribution in [0.15, 0.2) is 54.7 Å². The minimum atomic E-state index is -4.42. The number of aromatic amines is 1. The zero-order chi connectivity index (χ0) is 19.7. The molecule has 0 aliphatic heterocycles. The van der Waals surface area contributed by atoms with Gasteiger partial charge in [0.2, 0.25) is 0 Å². The summed E-state index contributed by atoms with van der Waals surface area (Å²) in [5.41, 5.74) is 0.682. The number of hydrogen-bond donors (Lipinski definition) is 2. The van der Waals surface area contributed by atoms with Gasteiger partial charge in [0.15, 0.2) is 0 Å². The Kier molecular flexibility index (Phi) is 4.86. The van der Waals surface area contributed by atoms with Crippen molar-refractivity contribution in [2.24, 2.45) is 0 Å². The van der Waals surface area contributed by atoms with Gasteiger partial charge in [-0.3, -0.25) is 5.10 Å². The van der Waals surface area contributed by atoms with Gasteiger partial charge in [-0.1, -0.05) is 12.1 Å². The highest BCUT2D eigenvalue weighted by molar-refractivity contribution is 5.63. The molecule has 3 aromatic rings. The molecule has 0 amide bonds. The van der Waals surface area contributed by atoms with Gasteiger partial charge in [-0.2, -0.15) is 31.4 Å². The van der Waals surface area contributed by atoms with Crippen molar-refractivity contribution in [2.75, 3.05) is 5.32 Å². The molecule has 0 saturated heterocycles. The fraction of sp³-hybridized carbons (Fsp3) is 0.167. The zero-order valence-electron chi connectivity index (χ0n) is 13.6. The quantitative estimate of drug-likeness (QED) is 0.564. The molecule has 1 aromatic heterocycles. The van der Waals surface area contributed by atoms with Crippen molar-refractivity contribution in [3.8, 4) is 11.3 Å². The Morgan fingerprint density at radius 1 is 0.778 bits per heavy atom. The van der Waals surface area contributed by atoms with Gasteiger partial charge in [0.05, 0.1) is 23.0 Å². The first-order valence-corrected chi connectivity index (χ1v) is 7.75. The number of anilines is 1. The van der Waals surface area contributed by atoms with E-state index in [4.69, 9.17) is 0 Å². The maximum atomic E-state index is 12.7. The molecule has 2 N–H and O–H groups in total. The molecule has 0 bridgehead atoms. The molecule has 0 saturated carbocycles. The van der Waals surface area contributed by atoms with E-state index in [0.29, 0.717) is 22.5 Å². The summed E-state index contributed by atoms with van der Waals surface area (Å²) in [6.07, 6.45) is -7.32. The van der Waals surface area contributed by atoms with Gasteiger partial charge in [0, 0.05) is 17.8 Å². The van der Waals surface area contributed by atoms with Crippen LogP contribution >= 0.6 is 0 Å². The smallest absolute Gasteiger partial charge is 0.381 e. The van der Waals surface area contributed by atoms with E-state index >= 15 is 0 Å². The molecule has 2 aromatic carbocycles. The second kappa shape index (κ2) is 6.98. The van der Waals surface area contributed by atoms with Crippen LogP contribution in [0.4, 0.5) is 32.0 Å². The molecular weight excluding hydrogens is 372 g/mol. The van der Waals surface area contributed by atoms with Crippen molar-refractivity contribution in [3.05, 3.63) is 71.4 Å². The van der Waals surface area contributed by atoms with Crippen molar-refractivity contribution in [2.45, 2.75) is 18.9 Å². The third kappa shape index (κ3) is 4.42. The van der Waals surface area contributed by atoms with E-state index in [2.05, 4.69) is 15.5 Å². The monoisotopic (exact) mass is 385 g/mol. The number of hydrogen-bond acceptors (Lipinski definition) is 2. The van der Waals surface area contributed by atoms with E-state index in [0.717, 1.165) is 24.3 Å². The molecule has 0 spiro atoms. The second-order valence-corrected chi connectivity index (χ2v) is 5.77. The van der Waals surface area contributed by atoms with Gasteiger partial charge in [0.25, 0.3) is 0 Å². The molecule has 142 valence electrons. The zero-order valence-corrected chi connectivity index (χ0v) is 13.6. The summed E-state index contributed by atoms with van der Waals surface area (Å²) in [6, 6.07) is 9.16. The number of benzene rings is 2. The number of halogens is 6. The van der Waals surface area contributed by atoms with Gasteiger partial charge in [-0.05, 0) is 42.0 Å². The number of alkyl halides is 6. The summed E-state index contributed by atoms with van der Waals surface area (Å²) < 4.78 is 75.7. The van der Waals surface area contributed by atoms with Crippen molar-refractivity contribution in [1.82, 2.24) is 10.2 Å². The molecule has 0 atom stereocenters. The number of nitrogens with one attached hydrogen (secondary N) is 2. The number of H-pyrrole nitrogens is 1. The summed E-state index contributed by atoms with van der Waals surface area (Å²) in [5, 5.41) is 9.58. The van der Waals surface area contributed by atoms with Gasteiger partial charge in [-0.15, -0.1) is 0 Å². The van der Waals surface area contributed by atoms with Crippen LogP contribution in [0.1, 0.15) is 16.7 Å². The molecular formula is C18H13F6N3. The lowest BCUT2D eigenvalue weighted by atomic mass is 10.1. The molecule has 27 heavy (non-hydrogen) atoms. The van der Waals surface area contributed by atoms with Crippen LogP contribution in [0.25, 0.3) is 11.3 Å². The lowest BCUT2D eigenvalue weighted by molar-refractivity contribution is -0.138. The van der Waals surface area contributed by atoms with Crippen molar-refractivity contribution in [1.29, 1.82) is 0 Å². The summed E-state index contributed by atoms with van der Waals surface area (Å²) in [6.45, 7) is 0.234. The van der Waals surface area contributed by atoms with E-state index in [1.54, 1.807) is 0 Å². The molecule has 0 aliphatic rings. The fourth-order valence-corrected chi connectivity index (χ4v) is 2.50. The number of aromatic nitrogens is 2. The van der Waals surface area contributed by atoms with Gasteiger partial charge in [-0.25, -0.2) is 0 Å². The van der Waals surface area contributed by atoms with Gasteiger partial charge >= 0.3 is 12.4 Å². The van der Waals surface area contributed by atoms with E-state index in [1.165, 1.54) is 30.5 Å². The molecule has 1 heterocycles. The molecule has 3 rings (SSSR count). The van der Waals surface area contributed by atoms with Gasteiger partial charge in [0.1, 0.15) is 0 Å². The average Bonchev–Trinajstić information content (AvgIpc) is 3.07. The molecule has 0 aliphatic carbocycles. The van der Waals surface area contributed by atoms with Crippen molar-refractivity contribution >= 4 is 5.69 Å². The minimum absolute atomic E-state index is 0.234. The second-order valence-electron chi connectivity index (χ2n) is 5.77. The largest absolute Gasteiger partial charge is 0.416 e. The summed E-state index contributed by atoms with van der Waals surface area (Å²) in [5.74, 6) is 0. The first kappa shape index (κ1) is 18.8. The van der Waals surface area contributed by atoms with E-state index in [1.807, 2.05) is 0 Å². The first-order valence-electron chi connectivity index (χ1n) is 7.75. The minimum Gasteiger partial charge on any atom is -0.381 e. The maximum absolute atomic E-state index is 12.7. The Morgan fingerprint density at radius 2 is 1.30 bits per heavy atom. The molecule has 9 heteroatoms. The highest BCUT2D eigenvalue weighted by Crippen LogP contribution is 2.32. The first-order chi connectivity index (χ1) is 12.6. The highest BCUT2D eigenvalue weighted by atomic mass is 19.4. The van der Waals surface area contributed by atoms with Crippen LogP contribution in [-0.2, 0) is 18.9 Å². The molecule has 0 unspecified atom stereocenters. The SMILES string of the molecule is FC(F)(F)c1ccc(NCc2cn[nH]c2-c2ccc(C(F)(F)F)cc2)cc1. The van der Waals surface area contributed by atoms with Crippen molar-refractivity contribution < 1.29 is 26.3 Å². The lowest BCUT2D eigenvalue weighted by Crippen LogP contribution is -2.05. The summed E-state index contributed by atoms with van der Waals surface area (Å²) >= 11 is 0. The topological polar surface area (TPSA) is 40.7 Å². The van der Waals surface area contributed by atoms with Crippen LogP contribution in [0.3, 0.4) is 0 Å². The fourth-order valence-electron chi connectivity index (χ4n) is 2.50. The van der Waals surface area contributed by atoms with Crippen LogP contribution in [0, 0.1) is 0 Å². The normalized spacial score (nSPS) is 12.2. The predicted octanol–water partition coefficient (Wildman–Crippen LogP) is 5.73. The number of rotatable bonds is 4. The Labute approximate surface area is 150 Å². The average molecular weight is 385 g/mol. The van der Waals surface area contributed by atoms with Crippen LogP contribution < -0.4 is 5.32 Å². The Balaban J connectivity index is 1.72. The highest BCUT2D eigenvalue weighted by Gasteiger charge is 2.30. The van der Waals surface area contributed by atoms with Gasteiger partial charge < -0.3 is 5.32 Å². The summed E-state index contributed by atoms with van der Waals surface area (Å²) in [7, 11) is 0. The predicted molar refractivity (Wildman–Crippen MR) is 87.8 cm³/mol. The van der Waals surface area contributed by atoms with E-state index in [9.17, 15) is 26.3 Å². The Hall–Kier alpha value is -2.97.